The van der Waals surface area contributed by atoms with Gasteiger partial charge in [0, 0.05) is 11.1 Å². The number of piperazine rings is 1. The molecule has 1 aliphatic heterocycles. The summed E-state index contributed by atoms with van der Waals surface area (Å²) in [6.45, 7) is 6.72. The van der Waals surface area contributed by atoms with Gasteiger partial charge in [-0.2, -0.15) is 0 Å². The quantitative estimate of drug-likeness (QED) is 0.925. The third-order valence-electron chi connectivity index (χ3n) is 4.65. The normalized spacial score (nSPS) is 15.3. The third-order valence-corrected chi connectivity index (χ3v) is 4.65. The highest BCUT2D eigenvalue weighted by molar-refractivity contribution is 5.94. The molecular formula is C20H25N2O2+. The predicted molar refractivity (Wildman–Crippen MR) is 94.5 cm³/mol. The van der Waals surface area contributed by atoms with Gasteiger partial charge in [-0.25, -0.2) is 0 Å². The molecule has 24 heavy (non-hydrogen) atoms. The zero-order valence-corrected chi connectivity index (χ0v) is 14.4. The Labute approximate surface area is 143 Å². The molecule has 0 aliphatic carbocycles. The Bertz CT molecular complexity index is 689. The Morgan fingerprint density at radius 2 is 1.83 bits per heavy atom. The van der Waals surface area contributed by atoms with Crippen LogP contribution in [0.2, 0.25) is 0 Å². The topological polar surface area (TPSA) is 34.0 Å². The van der Waals surface area contributed by atoms with Gasteiger partial charge in [-0.1, -0.05) is 35.9 Å². The largest absolute Gasteiger partial charge is 0.497 e. The lowest BCUT2D eigenvalue weighted by Gasteiger charge is -2.32. The molecular weight excluding hydrogens is 300 g/mol. The van der Waals surface area contributed by atoms with Crippen molar-refractivity contribution >= 4 is 5.91 Å². The number of carbonyl (C=O) groups excluding carboxylic acids is 1. The van der Waals surface area contributed by atoms with Crippen LogP contribution in [0.25, 0.3) is 0 Å². The summed E-state index contributed by atoms with van der Waals surface area (Å²) in [6.07, 6.45) is 0. The minimum absolute atomic E-state index is 0.100. The zero-order chi connectivity index (χ0) is 16.9. The van der Waals surface area contributed by atoms with E-state index >= 15 is 0 Å². The molecule has 0 aromatic heterocycles. The minimum atomic E-state index is 0.100. The number of rotatable bonds is 4. The van der Waals surface area contributed by atoms with Crippen LogP contribution in [0, 0.1) is 6.92 Å². The summed E-state index contributed by atoms with van der Waals surface area (Å²) < 4.78 is 5.21. The van der Waals surface area contributed by atoms with Gasteiger partial charge in [-0.15, -0.1) is 0 Å². The Kier molecular flexibility index (Phi) is 5.16. The van der Waals surface area contributed by atoms with E-state index in [2.05, 4.69) is 31.2 Å². The van der Waals surface area contributed by atoms with Gasteiger partial charge >= 0.3 is 0 Å². The monoisotopic (exact) mass is 325 g/mol. The summed E-state index contributed by atoms with van der Waals surface area (Å²) in [6, 6.07) is 16.1. The average Bonchev–Trinajstić information content (AvgIpc) is 2.64. The van der Waals surface area contributed by atoms with Crippen LogP contribution in [0.5, 0.6) is 5.75 Å². The first-order chi connectivity index (χ1) is 11.7. The highest BCUT2D eigenvalue weighted by Crippen LogP contribution is 2.14. The molecule has 4 heteroatoms. The molecule has 4 nitrogen and oxygen atoms in total. The maximum absolute atomic E-state index is 12.6. The van der Waals surface area contributed by atoms with Crippen molar-refractivity contribution in [1.29, 1.82) is 0 Å². The Morgan fingerprint density at radius 1 is 1.12 bits per heavy atom. The molecule has 2 aromatic rings. The van der Waals surface area contributed by atoms with Crippen molar-refractivity contribution in [3.05, 3.63) is 65.2 Å². The van der Waals surface area contributed by atoms with Crippen LogP contribution in [-0.4, -0.2) is 44.1 Å². The lowest BCUT2D eigenvalue weighted by atomic mass is 10.1. The number of carbonyl (C=O) groups is 1. The van der Waals surface area contributed by atoms with E-state index in [1.165, 1.54) is 16.0 Å². The lowest BCUT2D eigenvalue weighted by molar-refractivity contribution is -0.917. The molecule has 2 aromatic carbocycles. The maximum atomic E-state index is 12.6. The molecule has 3 rings (SSSR count). The summed E-state index contributed by atoms with van der Waals surface area (Å²) in [5, 5.41) is 0. The van der Waals surface area contributed by atoms with Gasteiger partial charge in [0.1, 0.15) is 12.3 Å². The molecule has 0 unspecified atom stereocenters. The average molecular weight is 325 g/mol. The van der Waals surface area contributed by atoms with Crippen LogP contribution in [-0.2, 0) is 6.54 Å². The highest BCUT2D eigenvalue weighted by Gasteiger charge is 2.24. The summed E-state index contributed by atoms with van der Waals surface area (Å²) >= 11 is 0. The number of methoxy groups -OCH3 is 1. The molecule has 1 N–H and O–H groups in total. The van der Waals surface area contributed by atoms with Crippen molar-refractivity contribution in [2.45, 2.75) is 13.5 Å². The second-order valence-electron chi connectivity index (χ2n) is 6.44. The van der Waals surface area contributed by atoms with Crippen molar-refractivity contribution in [1.82, 2.24) is 4.90 Å². The van der Waals surface area contributed by atoms with Gasteiger partial charge in [-0.05, 0) is 25.1 Å². The van der Waals surface area contributed by atoms with Gasteiger partial charge in [0.15, 0.2) is 0 Å². The first kappa shape index (κ1) is 16.5. The highest BCUT2D eigenvalue weighted by atomic mass is 16.5. The molecule has 0 radical (unpaired) electrons. The molecule has 1 saturated heterocycles. The second-order valence-corrected chi connectivity index (χ2v) is 6.44. The third kappa shape index (κ3) is 3.95. The van der Waals surface area contributed by atoms with Gasteiger partial charge < -0.3 is 14.5 Å². The molecule has 1 amide bonds. The van der Waals surface area contributed by atoms with Crippen molar-refractivity contribution < 1.29 is 14.4 Å². The fraction of sp³-hybridized carbons (Fsp3) is 0.350. The molecule has 0 atom stereocenters. The molecule has 1 heterocycles. The van der Waals surface area contributed by atoms with E-state index in [0.717, 1.165) is 38.5 Å². The van der Waals surface area contributed by atoms with Gasteiger partial charge in [0.2, 0.25) is 0 Å². The fourth-order valence-corrected chi connectivity index (χ4v) is 3.14. The minimum Gasteiger partial charge on any atom is -0.497 e. The number of hydrogen-bond donors (Lipinski definition) is 1. The Morgan fingerprint density at radius 3 is 2.50 bits per heavy atom. The number of nitrogens with one attached hydrogen (secondary N) is 1. The van der Waals surface area contributed by atoms with E-state index in [1.807, 2.05) is 29.2 Å². The van der Waals surface area contributed by atoms with Crippen molar-refractivity contribution in [3.63, 3.8) is 0 Å². The van der Waals surface area contributed by atoms with E-state index in [1.54, 1.807) is 7.11 Å². The number of ether oxygens (including phenoxy) is 1. The van der Waals surface area contributed by atoms with Crippen LogP contribution >= 0.6 is 0 Å². The molecule has 0 spiro atoms. The van der Waals surface area contributed by atoms with E-state index in [4.69, 9.17) is 4.74 Å². The van der Waals surface area contributed by atoms with Crippen LogP contribution in [0.15, 0.2) is 48.5 Å². The van der Waals surface area contributed by atoms with Gasteiger partial charge in [-0.3, -0.25) is 4.79 Å². The smallest absolute Gasteiger partial charge is 0.254 e. The van der Waals surface area contributed by atoms with Crippen LogP contribution in [0.1, 0.15) is 21.5 Å². The zero-order valence-electron chi connectivity index (χ0n) is 14.4. The number of hydrogen-bond acceptors (Lipinski definition) is 2. The molecule has 0 bridgehead atoms. The predicted octanol–water partition coefficient (Wildman–Crippen LogP) is 1.54. The van der Waals surface area contributed by atoms with E-state index in [-0.39, 0.29) is 5.91 Å². The summed E-state index contributed by atoms with van der Waals surface area (Å²) in [4.78, 5) is 16.1. The maximum Gasteiger partial charge on any atom is 0.254 e. The lowest BCUT2D eigenvalue weighted by Crippen LogP contribution is -3.13. The second kappa shape index (κ2) is 7.49. The van der Waals surface area contributed by atoms with Crippen molar-refractivity contribution in [2.24, 2.45) is 0 Å². The number of benzene rings is 2. The first-order valence-electron chi connectivity index (χ1n) is 8.48. The van der Waals surface area contributed by atoms with E-state index in [9.17, 15) is 4.79 Å². The standard InChI is InChI=1S/C20H24N2O2/c1-16-6-8-17(9-7-16)15-21-10-12-22(13-11-21)20(23)18-4-3-5-19(14-18)24-2/h3-9,14H,10-13,15H2,1-2H3/p+1. The molecule has 126 valence electrons. The SMILES string of the molecule is COc1cccc(C(=O)N2CC[NH+](Cc3ccc(C)cc3)CC2)c1. The van der Waals surface area contributed by atoms with Crippen molar-refractivity contribution in [2.75, 3.05) is 33.3 Å². The van der Waals surface area contributed by atoms with Crippen molar-refractivity contribution in [3.8, 4) is 5.75 Å². The van der Waals surface area contributed by atoms with Crippen LogP contribution in [0.3, 0.4) is 0 Å². The molecule has 1 aliphatic rings. The molecule has 1 fully saturated rings. The number of quaternary nitrogens is 1. The first-order valence-corrected chi connectivity index (χ1v) is 8.48. The Balaban J connectivity index is 1.56. The Hall–Kier alpha value is -2.33. The number of amides is 1. The summed E-state index contributed by atoms with van der Waals surface area (Å²) in [5.41, 5.74) is 3.36. The molecule has 0 saturated carbocycles. The number of aryl methyl sites for hydroxylation is 1. The fourth-order valence-electron chi connectivity index (χ4n) is 3.14. The summed E-state index contributed by atoms with van der Waals surface area (Å²) in [5.74, 6) is 0.827. The number of nitrogens with zero attached hydrogens (tertiary/aromatic N) is 1. The van der Waals surface area contributed by atoms with Crippen LogP contribution < -0.4 is 9.64 Å². The summed E-state index contributed by atoms with van der Waals surface area (Å²) in [7, 11) is 1.62. The van der Waals surface area contributed by atoms with Crippen LogP contribution in [0.4, 0.5) is 0 Å². The van der Waals surface area contributed by atoms with E-state index < -0.39 is 0 Å². The van der Waals surface area contributed by atoms with Gasteiger partial charge in [0.25, 0.3) is 5.91 Å². The van der Waals surface area contributed by atoms with Gasteiger partial charge in [0.05, 0.1) is 33.3 Å². The van der Waals surface area contributed by atoms with E-state index in [0.29, 0.717) is 5.56 Å².